The van der Waals surface area contributed by atoms with Crippen LogP contribution < -0.4 is 10.1 Å². The number of hydrogen-bond acceptors (Lipinski definition) is 6. The highest BCUT2D eigenvalue weighted by Crippen LogP contribution is 2.23. The van der Waals surface area contributed by atoms with Gasteiger partial charge in [-0.3, -0.25) is 19.7 Å². The Kier molecular flexibility index (Phi) is 7.44. The smallest absolute Gasteiger partial charge is 0.307 e. The van der Waals surface area contributed by atoms with Crippen molar-refractivity contribution in [3.63, 3.8) is 0 Å². The molecule has 0 saturated heterocycles. The molecule has 1 N–H and O–H groups in total. The summed E-state index contributed by atoms with van der Waals surface area (Å²) in [6.07, 6.45) is -0.0924. The summed E-state index contributed by atoms with van der Waals surface area (Å²) in [5.41, 5.74) is -0.0147. The number of carbonyl (C=O) groups excluding carboxylic acids is 2. The summed E-state index contributed by atoms with van der Waals surface area (Å²) >= 11 is 3.33. The molecule has 0 bridgehead atoms. The van der Waals surface area contributed by atoms with Gasteiger partial charge in [-0.05, 0) is 23.8 Å². The molecule has 1 atom stereocenters. The number of nitrogens with zero attached hydrogens (tertiary/aromatic N) is 1. The van der Waals surface area contributed by atoms with E-state index in [0.29, 0.717) is 5.56 Å². The van der Waals surface area contributed by atoms with Crippen LogP contribution in [0.25, 0.3) is 0 Å². The van der Waals surface area contributed by atoms with E-state index in [-0.39, 0.29) is 12.2 Å². The number of amides is 1. The molecule has 0 aliphatic carbocycles. The summed E-state index contributed by atoms with van der Waals surface area (Å²) < 4.78 is 24.2. The first-order chi connectivity index (χ1) is 13.3. The molecular formula is C18H16BrFN2O6. The van der Waals surface area contributed by atoms with Crippen LogP contribution in [-0.2, 0) is 14.3 Å². The fraction of sp³-hybridized carbons (Fsp3) is 0.222. The Labute approximate surface area is 167 Å². The number of benzene rings is 2. The van der Waals surface area contributed by atoms with Gasteiger partial charge < -0.3 is 14.8 Å². The van der Waals surface area contributed by atoms with Gasteiger partial charge in [0.15, 0.2) is 6.61 Å². The van der Waals surface area contributed by atoms with Gasteiger partial charge in [0.1, 0.15) is 5.75 Å². The lowest BCUT2D eigenvalue weighted by Crippen LogP contribution is -2.34. The van der Waals surface area contributed by atoms with E-state index in [4.69, 9.17) is 4.74 Å². The Morgan fingerprint density at radius 2 is 2.04 bits per heavy atom. The topological polar surface area (TPSA) is 108 Å². The molecule has 10 heteroatoms. The molecule has 148 valence electrons. The molecule has 2 rings (SSSR count). The molecule has 0 aliphatic rings. The molecule has 8 nitrogen and oxygen atoms in total. The first kappa shape index (κ1) is 21.3. The van der Waals surface area contributed by atoms with Crippen LogP contribution in [0.1, 0.15) is 18.0 Å². The Morgan fingerprint density at radius 3 is 2.64 bits per heavy atom. The second-order valence-corrected chi connectivity index (χ2v) is 6.53. The van der Waals surface area contributed by atoms with Crippen molar-refractivity contribution in [3.8, 4) is 5.75 Å². The van der Waals surface area contributed by atoms with Gasteiger partial charge in [0.2, 0.25) is 5.82 Å². The molecule has 0 aromatic heterocycles. The fourth-order valence-corrected chi connectivity index (χ4v) is 2.75. The van der Waals surface area contributed by atoms with Gasteiger partial charge in [-0.1, -0.05) is 28.1 Å². The maximum Gasteiger partial charge on any atom is 0.307 e. The highest BCUT2D eigenvalue weighted by atomic mass is 79.9. The van der Waals surface area contributed by atoms with Crippen LogP contribution in [-0.4, -0.2) is 30.5 Å². The molecule has 0 spiro atoms. The Balaban J connectivity index is 2.04. The third-order valence-corrected chi connectivity index (χ3v) is 4.16. The highest BCUT2D eigenvalue weighted by molar-refractivity contribution is 9.10. The minimum atomic E-state index is -1.07. The van der Waals surface area contributed by atoms with Crippen molar-refractivity contribution in [1.82, 2.24) is 5.32 Å². The van der Waals surface area contributed by atoms with E-state index in [1.165, 1.54) is 13.2 Å². The van der Waals surface area contributed by atoms with Crippen molar-refractivity contribution < 1.29 is 28.4 Å². The van der Waals surface area contributed by atoms with Gasteiger partial charge in [-0.15, -0.1) is 0 Å². The summed E-state index contributed by atoms with van der Waals surface area (Å²) in [5, 5.41) is 13.3. The molecule has 2 aromatic carbocycles. The number of methoxy groups -OCH3 is 1. The maximum absolute atomic E-state index is 13.6. The van der Waals surface area contributed by atoms with E-state index in [1.807, 2.05) is 0 Å². The van der Waals surface area contributed by atoms with Crippen LogP contribution in [0.3, 0.4) is 0 Å². The Hall–Kier alpha value is -3.01. The van der Waals surface area contributed by atoms with Gasteiger partial charge >= 0.3 is 11.7 Å². The highest BCUT2D eigenvalue weighted by Gasteiger charge is 2.20. The third-order valence-electron chi connectivity index (χ3n) is 3.67. The average Bonchev–Trinajstić information content (AvgIpc) is 2.65. The van der Waals surface area contributed by atoms with Crippen molar-refractivity contribution in [2.75, 3.05) is 13.7 Å². The van der Waals surface area contributed by atoms with E-state index in [0.717, 1.165) is 16.6 Å². The van der Waals surface area contributed by atoms with E-state index in [1.54, 1.807) is 24.3 Å². The monoisotopic (exact) mass is 454 g/mol. The molecule has 0 fully saturated rings. The van der Waals surface area contributed by atoms with Crippen LogP contribution in [0, 0.1) is 15.9 Å². The van der Waals surface area contributed by atoms with Crippen molar-refractivity contribution in [1.29, 1.82) is 0 Å². The SMILES string of the molecule is COC(=O)CC(NC(=O)COc1ccc([N+](=O)[O-])c(F)c1)c1cccc(Br)c1. The number of nitro benzene ring substituents is 1. The summed E-state index contributed by atoms with van der Waals surface area (Å²) in [6, 6.07) is 9.35. The third kappa shape index (κ3) is 6.02. The van der Waals surface area contributed by atoms with Gasteiger partial charge in [-0.2, -0.15) is 4.39 Å². The molecule has 1 amide bonds. The molecule has 0 heterocycles. The minimum Gasteiger partial charge on any atom is -0.484 e. The number of halogens is 2. The van der Waals surface area contributed by atoms with Crippen molar-refractivity contribution >= 4 is 33.5 Å². The van der Waals surface area contributed by atoms with Crippen LogP contribution in [0.4, 0.5) is 10.1 Å². The molecule has 0 saturated carbocycles. The molecule has 0 radical (unpaired) electrons. The molecular weight excluding hydrogens is 439 g/mol. The van der Waals surface area contributed by atoms with Gasteiger partial charge in [0, 0.05) is 16.6 Å². The number of hydrogen-bond donors (Lipinski definition) is 1. The summed E-state index contributed by atoms with van der Waals surface area (Å²) in [7, 11) is 1.24. The Morgan fingerprint density at radius 1 is 1.29 bits per heavy atom. The van der Waals surface area contributed by atoms with Crippen LogP contribution in [0.5, 0.6) is 5.75 Å². The standard InChI is InChI=1S/C18H16BrFN2O6/c1-27-18(24)9-15(11-3-2-4-12(19)7-11)21-17(23)10-28-13-5-6-16(22(25)26)14(20)8-13/h2-8,15H,9-10H2,1H3,(H,21,23). The maximum atomic E-state index is 13.6. The first-order valence-electron chi connectivity index (χ1n) is 7.98. The predicted molar refractivity (Wildman–Crippen MR) is 100 cm³/mol. The molecule has 1 unspecified atom stereocenters. The number of rotatable bonds is 8. The molecule has 2 aromatic rings. The number of nitrogens with one attached hydrogen (secondary N) is 1. The lowest BCUT2D eigenvalue weighted by atomic mass is 10.0. The summed E-state index contributed by atoms with van der Waals surface area (Å²) in [6.45, 7) is -0.469. The zero-order valence-corrected chi connectivity index (χ0v) is 16.3. The van der Waals surface area contributed by atoms with E-state index >= 15 is 0 Å². The molecule has 28 heavy (non-hydrogen) atoms. The molecule has 0 aliphatic heterocycles. The fourth-order valence-electron chi connectivity index (χ4n) is 2.34. The Bertz CT molecular complexity index is 892. The predicted octanol–water partition coefficient (Wildman–Crippen LogP) is 3.30. The van der Waals surface area contributed by atoms with E-state index in [9.17, 15) is 24.1 Å². The van der Waals surface area contributed by atoms with Crippen LogP contribution >= 0.6 is 15.9 Å². The van der Waals surface area contributed by atoms with Gasteiger partial charge in [0.25, 0.3) is 5.91 Å². The average molecular weight is 455 g/mol. The van der Waals surface area contributed by atoms with Crippen molar-refractivity contribution in [3.05, 3.63) is 68.4 Å². The van der Waals surface area contributed by atoms with Gasteiger partial charge in [-0.25, -0.2) is 0 Å². The van der Waals surface area contributed by atoms with Crippen molar-refractivity contribution in [2.24, 2.45) is 0 Å². The van der Waals surface area contributed by atoms with E-state index in [2.05, 4.69) is 26.0 Å². The largest absolute Gasteiger partial charge is 0.484 e. The second-order valence-electron chi connectivity index (χ2n) is 5.61. The van der Waals surface area contributed by atoms with Crippen LogP contribution in [0.15, 0.2) is 46.9 Å². The minimum absolute atomic E-state index is 0.0368. The summed E-state index contributed by atoms with van der Waals surface area (Å²) in [4.78, 5) is 33.6. The summed E-state index contributed by atoms with van der Waals surface area (Å²) in [5.74, 6) is -2.18. The zero-order valence-electron chi connectivity index (χ0n) is 14.7. The number of esters is 1. The van der Waals surface area contributed by atoms with Gasteiger partial charge in [0.05, 0.1) is 24.5 Å². The van der Waals surface area contributed by atoms with E-state index < -0.39 is 41.0 Å². The second kappa shape index (κ2) is 9.79. The zero-order chi connectivity index (χ0) is 20.7. The lowest BCUT2D eigenvalue weighted by molar-refractivity contribution is -0.387. The quantitative estimate of drug-likeness (QED) is 0.372. The first-order valence-corrected chi connectivity index (χ1v) is 8.78. The number of ether oxygens (including phenoxy) is 2. The van der Waals surface area contributed by atoms with Crippen LogP contribution in [0.2, 0.25) is 0 Å². The number of carbonyl (C=O) groups is 2. The van der Waals surface area contributed by atoms with Crippen molar-refractivity contribution in [2.45, 2.75) is 12.5 Å². The lowest BCUT2D eigenvalue weighted by Gasteiger charge is -2.18. The number of nitro groups is 1. The normalized spacial score (nSPS) is 11.4.